The molecule has 1 atom stereocenters. The van der Waals surface area contributed by atoms with E-state index in [1.54, 1.807) is 19.1 Å². The van der Waals surface area contributed by atoms with Crippen molar-refractivity contribution in [1.29, 1.82) is 0 Å². The number of hydrogen-bond acceptors (Lipinski definition) is 4. The molecule has 1 aromatic carbocycles. The molecule has 0 aliphatic heterocycles. The van der Waals surface area contributed by atoms with E-state index >= 15 is 0 Å². The minimum absolute atomic E-state index is 0.180. The number of nitrogens with two attached hydrogens (primary N) is 2. The molecule has 4 N–H and O–H groups in total. The van der Waals surface area contributed by atoms with Crippen LogP contribution in [0.15, 0.2) is 18.2 Å². The number of benzene rings is 1. The third kappa shape index (κ3) is 4.68. The fraction of sp³-hybridized carbons (Fsp3) is 0.400. The Morgan fingerprint density at radius 1 is 1.05 bits per heavy atom. The molecule has 114 valence electrons. The molecule has 0 fully saturated rings. The van der Waals surface area contributed by atoms with E-state index in [0.29, 0.717) is 5.56 Å². The van der Waals surface area contributed by atoms with Crippen LogP contribution in [0.1, 0.15) is 28.4 Å². The summed E-state index contributed by atoms with van der Waals surface area (Å²) in [5.74, 6) is -1.41. The molecular weight excluding hydrogens is 270 g/mol. The predicted octanol–water partition coefficient (Wildman–Crippen LogP) is 0.147. The second-order valence-electron chi connectivity index (χ2n) is 5.18. The van der Waals surface area contributed by atoms with Gasteiger partial charge in [-0.1, -0.05) is 12.1 Å². The summed E-state index contributed by atoms with van der Waals surface area (Å²) < 4.78 is 0. The maximum absolute atomic E-state index is 12.5. The predicted molar refractivity (Wildman–Crippen MR) is 79.7 cm³/mol. The first-order valence-corrected chi connectivity index (χ1v) is 6.64. The van der Waals surface area contributed by atoms with Crippen LogP contribution < -0.4 is 11.5 Å². The molecule has 0 spiro atoms. The third-order valence-electron chi connectivity index (χ3n) is 3.44. The summed E-state index contributed by atoms with van der Waals surface area (Å²) in [7, 11) is 0. The highest BCUT2D eigenvalue weighted by atomic mass is 16.2. The second kappa shape index (κ2) is 6.99. The Morgan fingerprint density at radius 3 is 2.00 bits per heavy atom. The van der Waals surface area contributed by atoms with Gasteiger partial charge in [0.05, 0.1) is 19.1 Å². The minimum atomic E-state index is -0.660. The van der Waals surface area contributed by atoms with E-state index in [-0.39, 0.29) is 18.9 Å². The van der Waals surface area contributed by atoms with Crippen molar-refractivity contribution >= 4 is 17.6 Å². The summed E-state index contributed by atoms with van der Waals surface area (Å²) in [5, 5.41) is 0. The van der Waals surface area contributed by atoms with Gasteiger partial charge >= 0.3 is 0 Å². The van der Waals surface area contributed by atoms with Crippen LogP contribution in [0.4, 0.5) is 0 Å². The summed E-state index contributed by atoms with van der Waals surface area (Å²) in [5.41, 5.74) is 12.9. The van der Waals surface area contributed by atoms with Crippen molar-refractivity contribution in [3.05, 3.63) is 34.9 Å². The molecule has 1 unspecified atom stereocenters. The van der Waals surface area contributed by atoms with Crippen molar-refractivity contribution < 1.29 is 14.4 Å². The van der Waals surface area contributed by atoms with Gasteiger partial charge in [0.15, 0.2) is 5.78 Å². The fourth-order valence-corrected chi connectivity index (χ4v) is 2.03. The van der Waals surface area contributed by atoms with Crippen LogP contribution in [0.25, 0.3) is 0 Å². The van der Waals surface area contributed by atoms with Crippen molar-refractivity contribution in [2.24, 2.45) is 11.5 Å². The second-order valence-corrected chi connectivity index (χ2v) is 5.18. The number of amides is 2. The van der Waals surface area contributed by atoms with Crippen molar-refractivity contribution in [3.63, 3.8) is 0 Å². The van der Waals surface area contributed by atoms with Crippen LogP contribution in [0, 0.1) is 13.8 Å². The van der Waals surface area contributed by atoms with Crippen LogP contribution >= 0.6 is 0 Å². The Hall–Kier alpha value is -2.21. The monoisotopic (exact) mass is 291 g/mol. The average Bonchev–Trinajstić information content (AvgIpc) is 2.38. The first-order chi connectivity index (χ1) is 9.72. The van der Waals surface area contributed by atoms with Crippen LogP contribution in [0.5, 0.6) is 0 Å². The first-order valence-electron chi connectivity index (χ1n) is 6.64. The van der Waals surface area contributed by atoms with E-state index in [9.17, 15) is 14.4 Å². The molecule has 6 nitrogen and oxygen atoms in total. The number of nitrogens with zero attached hydrogens (tertiary/aromatic N) is 1. The Bertz CT molecular complexity index is 553. The molecule has 0 radical (unpaired) electrons. The zero-order valence-corrected chi connectivity index (χ0v) is 12.6. The SMILES string of the molecule is Cc1ccc(C(=O)C(C)N(CC(N)=O)CC(N)=O)cc1C. The van der Waals surface area contributed by atoms with Gasteiger partial charge in [0.25, 0.3) is 0 Å². The van der Waals surface area contributed by atoms with Gasteiger partial charge < -0.3 is 11.5 Å². The molecule has 1 rings (SSSR count). The number of rotatable bonds is 7. The largest absolute Gasteiger partial charge is 0.369 e. The van der Waals surface area contributed by atoms with Crippen molar-refractivity contribution in [2.75, 3.05) is 13.1 Å². The summed E-state index contributed by atoms with van der Waals surface area (Å²) in [6.07, 6.45) is 0. The van der Waals surface area contributed by atoms with Gasteiger partial charge in [-0.25, -0.2) is 0 Å². The molecule has 0 saturated heterocycles. The lowest BCUT2D eigenvalue weighted by atomic mass is 9.99. The first kappa shape index (κ1) is 16.8. The van der Waals surface area contributed by atoms with Gasteiger partial charge in [0.1, 0.15) is 0 Å². The lowest BCUT2D eigenvalue weighted by Crippen LogP contribution is -2.47. The fourth-order valence-electron chi connectivity index (χ4n) is 2.03. The molecule has 0 aromatic heterocycles. The Labute approximate surface area is 124 Å². The number of aryl methyl sites for hydroxylation is 2. The molecule has 0 aliphatic rings. The summed E-state index contributed by atoms with van der Waals surface area (Å²) in [4.78, 5) is 36.0. The lowest BCUT2D eigenvalue weighted by molar-refractivity contribution is -0.122. The average molecular weight is 291 g/mol. The summed E-state index contributed by atoms with van der Waals surface area (Å²) in [6.45, 7) is 5.12. The number of hydrogen-bond donors (Lipinski definition) is 2. The van der Waals surface area contributed by atoms with Crippen LogP contribution in [-0.4, -0.2) is 41.6 Å². The molecule has 1 aromatic rings. The van der Waals surface area contributed by atoms with E-state index < -0.39 is 17.9 Å². The Morgan fingerprint density at radius 2 is 1.57 bits per heavy atom. The third-order valence-corrected chi connectivity index (χ3v) is 3.44. The Kier molecular flexibility index (Phi) is 5.60. The van der Waals surface area contributed by atoms with Gasteiger partial charge in [-0.15, -0.1) is 0 Å². The van der Waals surface area contributed by atoms with Gasteiger partial charge in [-0.3, -0.25) is 19.3 Å². The van der Waals surface area contributed by atoms with E-state index in [4.69, 9.17) is 11.5 Å². The molecule has 0 bridgehead atoms. The standard InChI is InChI=1S/C15H21N3O3/c1-9-4-5-12(6-10(9)2)15(21)11(3)18(7-13(16)19)8-14(17)20/h4-6,11H,7-8H2,1-3H3,(H2,16,19)(H2,17,20). The quantitative estimate of drug-likeness (QED) is 0.697. The number of ketones is 1. The zero-order valence-electron chi connectivity index (χ0n) is 12.6. The van der Waals surface area contributed by atoms with Crippen molar-refractivity contribution in [2.45, 2.75) is 26.8 Å². The molecule has 0 heterocycles. The van der Waals surface area contributed by atoms with Crippen LogP contribution in [-0.2, 0) is 9.59 Å². The summed E-state index contributed by atoms with van der Waals surface area (Å²) >= 11 is 0. The van der Waals surface area contributed by atoms with Gasteiger partial charge in [-0.2, -0.15) is 0 Å². The highest BCUT2D eigenvalue weighted by Gasteiger charge is 2.25. The van der Waals surface area contributed by atoms with E-state index in [0.717, 1.165) is 11.1 Å². The van der Waals surface area contributed by atoms with Gasteiger partial charge in [-0.05, 0) is 38.0 Å². The molecule has 0 saturated carbocycles. The minimum Gasteiger partial charge on any atom is -0.369 e. The Balaban J connectivity index is 2.97. The summed E-state index contributed by atoms with van der Waals surface area (Å²) in [6, 6.07) is 4.73. The molecule has 21 heavy (non-hydrogen) atoms. The topological polar surface area (TPSA) is 106 Å². The van der Waals surface area contributed by atoms with E-state index in [1.807, 2.05) is 19.9 Å². The number of primary amides is 2. The zero-order chi connectivity index (χ0) is 16.2. The van der Waals surface area contributed by atoms with Crippen LogP contribution in [0.3, 0.4) is 0 Å². The number of carbonyl (C=O) groups excluding carboxylic acids is 3. The molecule has 6 heteroatoms. The highest BCUT2D eigenvalue weighted by molar-refractivity contribution is 6.00. The molecular formula is C15H21N3O3. The van der Waals surface area contributed by atoms with Crippen molar-refractivity contribution in [1.82, 2.24) is 4.90 Å². The highest BCUT2D eigenvalue weighted by Crippen LogP contribution is 2.14. The molecule has 2 amide bonds. The van der Waals surface area contributed by atoms with Gasteiger partial charge in [0, 0.05) is 5.56 Å². The van der Waals surface area contributed by atoms with Crippen molar-refractivity contribution in [3.8, 4) is 0 Å². The number of carbonyl (C=O) groups is 3. The lowest BCUT2D eigenvalue weighted by Gasteiger charge is -2.25. The maximum Gasteiger partial charge on any atom is 0.231 e. The number of Topliss-reactive ketones (excluding diaryl/α,β-unsaturated/α-hetero) is 1. The van der Waals surface area contributed by atoms with E-state index in [2.05, 4.69) is 0 Å². The van der Waals surface area contributed by atoms with E-state index in [1.165, 1.54) is 4.90 Å². The maximum atomic E-state index is 12.5. The van der Waals surface area contributed by atoms with Gasteiger partial charge in [0.2, 0.25) is 11.8 Å². The smallest absolute Gasteiger partial charge is 0.231 e. The molecule has 0 aliphatic carbocycles. The van der Waals surface area contributed by atoms with Crippen LogP contribution in [0.2, 0.25) is 0 Å². The normalized spacial score (nSPS) is 12.2.